The highest BCUT2D eigenvalue weighted by atomic mass is 19.3. The first-order valence-corrected chi connectivity index (χ1v) is 14.7. The summed E-state index contributed by atoms with van der Waals surface area (Å²) in [5.74, 6) is -3.07. The van der Waals surface area contributed by atoms with Gasteiger partial charge in [0.05, 0.1) is 18.6 Å². The van der Waals surface area contributed by atoms with Crippen LogP contribution in [0.25, 0.3) is 11.1 Å². The number of benzene rings is 2. The molecule has 1 heterocycles. The zero-order valence-electron chi connectivity index (χ0n) is 23.6. The van der Waals surface area contributed by atoms with Gasteiger partial charge in [0.25, 0.3) is 5.92 Å². The standard InChI is InChI=1S/C32H42F2N4O2/c1-20(2)38-15-12-25(13-16-38)40-28-7-4-14-32(33,34)31(28)37-29(39)18-23-5-3-6-26(30(23)21-8-9-21)22-10-11-27(36)24(17-22)19-35/h3,5-6,10-11,17,19-21,25,28,31,35H,4,7-9,12-16,18,36H2,1-2H3,(H,37,39)/t28-,31+/m0/s1. The molecular formula is C32H42F2N4O2. The van der Waals surface area contributed by atoms with Gasteiger partial charge in [0, 0.05) is 43.0 Å². The summed E-state index contributed by atoms with van der Waals surface area (Å²) in [6, 6.07) is 10.6. The van der Waals surface area contributed by atoms with Crippen LogP contribution < -0.4 is 11.1 Å². The molecule has 0 spiro atoms. The van der Waals surface area contributed by atoms with Crippen LogP contribution in [0, 0.1) is 5.41 Å². The molecule has 0 aromatic heterocycles. The summed E-state index contributed by atoms with van der Waals surface area (Å²) in [5, 5.41) is 10.4. The molecule has 1 saturated heterocycles. The number of halogens is 2. The van der Waals surface area contributed by atoms with Gasteiger partial charge in [-0.25, -0.2) is 8.78 Å². The van der Waals surface area contributed by atoms with Crippen LogP contribution in [-0.2, 0) is 16.0 Å². The van der Waals surface area contributed by atoms with Gasteiger partial charge in [0.1, 0.15) is 6.04 Å². The molecule has 4 N–H and O–H groups in total. The van der Waals surface area contributed by atoms with E-state index in [1.807, 2.05) is 30.3 Å². The third kappa shape index (κ3) is 6.39. The van der Waals surface area contributed by atoms with Gasteiger partial charge in [0.2, 0.25) is 5.91 Å². The van der Waals surface area contributed by atoms with E-state index in [1.165, 1.54) is 6.21 Å². The van der Waals surface area contributed by atoms with Crippen LogP contribution in [0.2, 0.25) is 0 Å². The van der Waals surface area contributed by atoms with E-state index in [9.17, 15) is 4.79 Å². The fraction of sp³-hybridized carbons (Fsp3) is 0.562. The van der Waals surface area contributed by atoms with Crippen molar-refractivity contribution in [3.63, 3.8) is 0 Å². The number of carbonyl (C=O) groups excluding carboxylic acids is 1. The lowest BCUT2D eigenvalue weighted by atomic mass is 9.87. The first-order valence-electron chi connectivity index (χ1n) is 14.7. The molecule has 40 heavy (non-hydrogen) atoms. The molecule has 3 aliphatic rings. The summed E-state index contributed by atoms with van der Waals surface area (Å²) in [7, 11) is 0. The Morgan fingerprint density at radius 2 is 1.93 bits per heavy atom. The molecule has 0 unspecified atom stereocenters. The molecular weight excluding hydrogens is 510 g/mol. The van der Waals surface area contributed by atoms with Crippen LogP contribution in [0.5, 0.6) is 0 Å². The lowest BCUT2D eigenvalue weighted by molar-refractivity contribution is -0.157. The Morgan fingerprint density at radius 3 is 2.60 bits per heavy atom. The second kappa shape index (κ2) is 12.0. The maximum Gasteiger partial charge on any atom is 0.270 e. The number of likely N-dealkylation sites (tertiary alicyclic amines) is 1. The highest BCUT2D eigenvalue weighted by Crippen LogP contribution is 2.46. The minimum Gasteiger partial charge on any atom is -0.398 e. The Balaban J connectivity index is 1.32. The first-order chi connectivity index (χ1) is 19.2. The predicted octanol–water partition coefficient (Wildman–Crippen LogP) is 5.92. The van der Waals surface area contributed by atoms with Crippen molar-refractivity contribution in [1.82, 2.24) is 10.2 Å². The molecule has 216 valence electrons. The third-order valence-electron chi connectivity index (χ3n) is 8.80. The number of nitrogens with zero attached hydrogens (tertiary/aromatic N) is 1. The van der Waals surface area contributed by atoms with Crippen molar-refractivity contribution in [2.45, 2.75) is 101 Å². The smallest absolute Gasteiger partial charge is 0.270 e. The van der Waals surface area contributed by atoms with E-state index in [4.69, 9.17) is 15.9 Å². The molecule has 2 saturated carbocycles. The SMILES string of the molecule is CC(C)N1CCC(O[C@H]2CCCC(F)(F)[C@@H]2NC(=O)Cc2cccc(-c3ccc(N)c(C=N)c3)c2C2CC2)CC1. The van der Waals surface area contributed by atoms with Crippen molar-refractivity contribution in [1.29, 1.82) is 5.41 Å². The molecule has 2 aromatic rings. The molecule has 0 bridgehead atoms. The number of carbonyl (C=O) groups is 1. The number of nitrogens with two attached hydrogens (primary N) is 1. The van der Waals surface area contributed by atoms with Crippen LogP contribution in [0.1, 0.15) is 81.4 Å². The molecule has 6 nitrogen and oxygen atoms in total. The molecule has 1 aliphatic heterocycles. The van der Waals surface area contributed by atoms with Gasteiger partial charge in [-0.05, 0) is 92.7 Å². The number of amides is 1. The van der Waals surface area contributed by atoms with Gasteiger partial charge in [-0.3, -0.25) is 4.79 Å². The summed E-state index contributed by atoms with van der Waals surface area (Å²) < 4.78 is 36.7. The highest BCUT2D eigenvalue weighted by Gasteiger charge is 2.49. The van der Waals surface area contributed by atoms with Crippen molar-refractivity contribution >= 4 is 17.8 Å². The highest BCUT2D eigenvalue weighted by molar-refractivity contribution is 5.88. The minimum atomic E-state index is -3.01. The molecule has 3 fully saturated rings. The van der Waals surface area contributed by atoms with Gasteiger partial charge in [-0.15, -0.1) is 0 Å². The fourth-order valence-electron chi connectivity index (χ4n) is 6.39. The second-order valence-corrected chi connectivity index (χ2v) is 12.0. The van der Waals surface area contributed by atoms with E-state index < -0.39 is 24.0 Å². The van der Waals surface area contributed by atoms with E-state index in [0.717, 1.165) is 61.0 Å². The van der Waals surface area contributed by atoms with Crippen molar-refractivity contribution < 1.29 is 18.3 Å². The average Bonchev–Trinajstić information content (AvgIpc) is 3.76. The normalized spacial score (nSPS) is 23.7. The lowest BCUT2D eigenvalue weighted by Gasteiger charge is -2.42. The Morgan fingerprint density at radius 1 is 1.18 bits per heavy atom. The van der Waals surface area contributed by atoms with Gasteiger partial charge in [-0.2, -0.15) is 0 Å². The topological polar surface area (TPSA) is 91.4 Å². The number of anilines is 1. The van der Waals surface area contributed by atoms with Crippen LogP contribution >= 0.6 is 0 Å². The molecule has 2 atom stereocenters. The number of rotatable bonds is 9. The summed E-state index contributed by atoms with van der Waals surface area (Å²) in [5.41, 5.74) is 11.1. The number of hydrogen-bond acceptors (Lipinski definition) is 5. The zero-order valence-corrected chi connectivity index (χ0v) is 23.6. The second-order valence-electron chi connectivity index (χ2n) is 12.0. The largest absolute Gasteiger partial charge is 0.398 e. The number of nitrogens with one attached hydrogen (secondary N) is 2. The first kappa shape index (κ1) is 28.7. The summed E-state index contributed by atoms with van der Waals surface area (Å²) in [6.07, 6.45) is 4.92. The summed E-state index contributed by atoms with van der Waals surface area (Å²) >= 11 is 0. The number of ether oxygens (including phenoxy) is 1. The average molecular weight is 553 g/mol. The van der Waals surface area contributed by atoms with Crippen molar-refractivity contribution in [3.8, 4) is 11.1 Å². The number of piperidine rings is 1. The maximum atomic E-state index is 15.2. The Labute approximate surface area is 236 Å². The molecule has 8 heteroatoms. The van der Waals surface area contributed by atoms with Crippen molar-refractivity contribution in [2.24, 2.45) is 0 Å². The number of hydrogen-bond donors (Lipinski definition) is 3. The Bertz CT molecular complexity index is 1220. The van der Waals surface area contributed by atoms with Gasteiger partial charge < -0.3 is 26.1 Å². The molecule has 5 rings (SSSR count). The van der Waals surface area contributed by atoms with E-state index in [0.29, 0.717) is 36.1 Å². The van der Waals surface area contributed by atoms with Crippen LogP contribution in [0.15, 0.2) is 36.4 Å². The summed E-state index contributed by atoms with van der Waals surface area (Å²) in [6.45, 7) is 6.14. The zero-order chi connectivity index (χ0) is 28.4. The third-order valence-corrected chi connectivity index (χ3v) is 8.80. The molecule has 1 amide bonds. The van der Waals surface area contributed by atoms with Gasteiger partial charge in [0.15, 0.2) is 0 Å². The number of nitrogen functional groups attached to an aromatic ring is 1. The maximum absolute atomic E-state index is 15.2. The van der Waals surface area contributed by atoms with E-state index in [1.54, 1.807) is 6.07 Å². The number of alkyl halides is 2. The Kier molecular flexibility index (Phi) is 8.57. The van der Waals surface area contributed by atoms with Crippen LogP contribution in [0.3, 0.4) is 0 Å². The van der Waals surface area contributed by atoms with Crippen LogP contribution in [0.4, 0.5) is 14.5 Å². The van der Waals surface area contributed by atoms with E-state index in [-0.39, 0.29) is 18.9 Å². The molecule has 2 aromatic carbocycles. The van der Waals surface area contributed by atoms with Crippen molar-refractivity contribution in [3.05, 3.63) is 53.1 Å². The minimum absolute atomic E-state index is 0.0398. The quantitative estimate of drug-likeness (QED) is 0.266. The Hall–Kier alpha value is -2.84. The van der Waals surface area contributed by atoms with E-state index in [2.05, 4.69) is 24.1 Å². The lowest BCUT2D eigenvalue weighted by Crippen LogP contribution is -2.58. The fourth-order valence-corrected chi connectivity index (χ4v) is 6.39. The van der Waals surface area contributed by atoms with Crippen LogP contribution in [-0.4, -0.2) is 60.3 Å². The van der Waals surface area contributed by atoms with E-state index >= 15 is 8.78 Å². The van der Waals surface area contributed by atoms with Gasteiger partial charge in [-0.1, -0.05) is 24.3 Å². The molecule has 0 radical (unpaired) electrons. The van der Waals surface area contributed by atoms with Gasteiger partial charge >= 0.3 is 0 Å². The summed E-state index contributed by atoms with van der Waals surface area (Å²) in [4.78, 5) is 15.7. The predicted molar refractivity (Wildman–Crippen MR) is 155 cm³/mol. The molecule has 2 aliphatic carbocycles. The van der Waals surface area contributed by atoms with Crippen molar-refractivity contribution in [2.75, 3.05) is 18.8 Å². The monoisotopic (exact) mass is 552 g/mol.